The minimum Gasteiger partial charge on any atom is -0.348 e. The van der Waals surface area contributed by atoms with Crippen molar-refractivity contribution in [3.63, 3.8) is 0 Å². The van der Waals surface area contributed by atoms with Gasteiger partial charge in [0.2, 0.25) is 0 Å². The second kappa shape index (κ2) is 12.0. The van der Waals surface area contributed by atoms with Gasteiger partial charge in [0.1, 0.15) is 6.33 Å². The van der Waals surface area contributed by atoms with Crippen LogP contribution in [-0.4, -0.2) is 60.8 Å². The molecule has 1 saturated carbocycles. The van der Waals surface area contributed by atoms with Gasteiger partial charge in [-0.25, -0.2) is 9.50 Å². The number of rotatable bonds is 9. The monoisotopic (exact) mass is 549 g/mol. The van der Waals surface area contributed by atoms with Crippen LogP contribution < -0.4 is 5.32 Å². The Labute approximate surface area is 240 Å². The first-order chi connectivity index (χ1) is 18.7. The molecule has 8 heteroatoms. The molecule has 1 aliphatic rings. The normalized spacial score (nSPS) is 18.7. The van der Waals surface area contributed by atoms with Crippen molar-refractivity contribution < 1.29 is 4.79 Å². The molecule has 1 aliphatic carbocycles. The van der Waals surface area contributed by atoms with Crippen LogP contribution >= 0.6 is 0 Å². The summed E-state index contributed by atoms with van der Waals surface area (Å²) in [7, 11) is 0. The van der Waals surface area contributed by atoms with Crippen molar-refractivity contribution >= 4 is 11.6 Å². The van der Waals surface area contributed by atoms with Crippen LogP contribution in [0.1, 0.15) is 121 Å². The second-order valence-corrected chi connectivity index (χ2v) is 14.6. The summed E-state index contributed by atoms with van der Waals surface area (Å²) in [6.45, 7) is 22.6. The molecule has 3 aromatic rings. The number of pyridine rings is 1. The number of fused-ring (bicyclic) bond motifs is 1. The van der Waals surface area contributed by atoms with Crippen LogP contribution in [-0.2, 0) is 0 Å². The topological polar surface area (TPSA) is 91.2 Å². The van der Waals surface area contributed by atoms with Crippen LogP contribution in [0.4, 0.5) is 0 Å². The summed E-state index contributed by atoms with van der Waals surface area (Å²) in [5.41, 5.74) is 5.80. The van der Waals surface area contributed by atoms with E-state index < -0.39 is 0 Å². The number of aryl methyl sites for hydroxylation is 1. The molecular formula is C32H51N7O. The first-order valence-corrected chi connectivity index (χ1v) is 15.2. The van der Waals surface area contributed by atoms with Gasteiger partial charge in [-0.05, 0) is 86.9 Å². The minimum absolute atomic E-state index is 0.0782. The summed E-state index contributed by atoms with van der Waals surface area (Å²) in [5.74, 6) is 0.0571. The number of carbonyl (C=O) groups is 1. The number of aromatic amines is 1. The summed E-state index contributed by atoms with van der Waals surface area (Å²) in [6.07, 6.45) is 10.2. The van der Waals surface area contributed by atoms with Crippen molar-refractivity contribution in [3.8, 4) is 11.3 Å². The van der Waals surface area contributed by atoms with Gasteiger partial charge in [0.25, 0.3) is 5.91 Å². The number of carbonyl (C=O) groups excluding carboxylic acids is 1. The van der Waals surface area contributed by atoms with Crippen LogP contribution in [0.5, 0.6) is 0 Å². The number of hydrogen-bond acceptors (Lipinski definition) is 5. The summed E-state index contributed by atoms with van der Waals surface area (Å²) in [5, 5.41) is 15.3. The van der Waals surface area contributed by atoms with Crippen molar-refractivity contribution in [2.75, 3.05) is 13.1 Å². The fourth-order valence-corrected chi connectivity index (χ4v) is 5.81. The summed E-state index contributed by atoms with van der Waals surface area (Å²) in [4.78, 5) is 20.6. The minimum atomic E-state index is -0.0782. The SMILES string of the molecule is Cc1cc(-c2[nH]nc(C(=O)N[C@H]3CC[C@H](N(CCC(C)(C)C)CCC(C)(C)C)CC3)c2C(C)C)cn2ncnc12. The summed E-state index contributed by atoms with van der Waals surface area (Å²) >= 11 is 0. The van der Waals surface area contributed by atoms with Gasteiger partial charge in [-0.15, -0.1) is 0 Å². The van der Waals surface area contributed by atoms with E-state index in [0.29, 0.717) is 22.6 Å². The highest BCUT2D eigenvalue weighted by molar-refractivity contribution is 5.96. The van der Waals surface area contributed by atoms with Crippen LogP contribution in [0.15, 0.2) is 18.6 Å². The molecule has 0 aromatic carbocycles. The van der Waals surface area contributed by atoms with Crippen LogP contribution in [0.3, 0.4) is 0 Å². The van der Waals surface area contributed by atoms with Gasteiger partial charge in [-0.1, -0.05) is 55.4 Å². The van der Waals surface area contributed by atoms with Crippen molar-refractivity contribution in [2.45, 2.75) is 119 Å². The largest absolute Gasteiger partial charge is 0.348 e. The molecule has 220 valence electrons. The van der Waals surface area contributed by atoms with Crippen molar-refractivity contribution in [2.24, 2.45) is 10.8 Å². The molecule has 0 bridgehead atoms. The lowest BCUT2D eigenvalue weighted by molar-refractivity contribution is 0.0874. The predicted molar refractivity (Wildman–Crippen MR) is 163 cm³/mol. The van der Waals surface area contributed by atoms with Crippen LogP contribution in [0, 0.1) is 17.8 Å². The fourth-order valence-electron chi connectivity index (χ4n) is 5.81. The third-order valence-corrected chi connectivity index (χ3v) is 8.29. The summed E-state index contributed by atoms with van der Waals surface area (Å²) < 4.78 is 1.78. The Balaban J connectivity index is 1.43. The molecule has 0 saturated heterocycles. The Bertz CT molecular complexity index is 1260. The van der Waals surface area contributed by atoms with Gasteiger partial charge in [-0.3, -0.25) is 9.89 Å². The molecule has 0 spiro atoms. The zero-order valence-corrected chi connectivity index (χ0v) is 26.3. The summed E-state index contributed by atoms with van der Waals surface area (Å²) in [6, 6.07) is 2.86. The molecule has 1 fully saturated rings. The standard InChI is InChI=1S/C32H51N7O/c1-21(2)26-27(23-18-22(3)29-33-20-34-39(29)19-23)36-37-28(26)30(40)35-24-10-12-25(13-11-24)38(16-14-31(4,5)6)17-15-32(7,8)9/h18-21,24-25H,10-17H2,1-9H3,(H,35,40)(H,36,37)/t24-,25-. The molecule has 3 heterocycles. The zero-order chi connectivity index (χ0) is 29.2. The molecule has 4 rings (SSSR count). The Morgan fingerprint density at radius 2 is 1.70 bits per heavy atom. The van der Waals surface area contributed by atoms with E-state index >= 15 is 0 Å². The number of amides is 1. The number of aromatic nitrogens is 5. The number of H-pyrrole nitrogens is 1. The Kier molecular flexibility index (Phi) is 9.08. The average molecular weight is 550 g/mol. The van der Waals surface area contributed by atoms with E-state index in [-0.39, 0.29) is 17.9 Å². The molecule has 0 radical (unpaired) electrons. The lowest BCUT2D eigenvalue weighted by atomic mass is 9.86. The van der Waals surface area contributed by atoms with Crippen LogP contribution in [0.2, 0.25) is 0 Å². The number of hydrogen-bond donors (Lipinski definition) is 2. The van der Waals surface area contributed by atoms with Crippen LogP contribution in [0.25, 0.3) is 16.9 Å². The molecule has 40 heavy (non-hydrogen) atoms. The Hall–Kier alpha value is -2.74. The molecule has 1 amide bonds. The zero-order valence-electron chi connectivity index (χ0n) is 26.3. The van der Waals surface area contributed by atoms with Gasteiger partial charge in [0, 0.05) is 29.4 Å². The highest BCUT2D eigenvalue weighted by atomic mass is 16.2. The van der Waals surface area contributed by atoms with E-state index in [4.69, 9.17) is 0 Å². The highest BCUT2D eigenvalue weighted by Gasteiger charge is 2.30. The van der Waals surface area contributed by atoms with E-state index in [1.807, 2.05) is 13.1 Å². The predicted octanol–water partition coefficient (Wildman–Crippen LogP) is 6.77. The first-order valence-electron chi connectivity index (χ1n) is 15.2. The maximum Gasteiger partial charge on any atom is 0.272 e. The smallest absolute Gasteiger partial charge is 0.272 e. The molecular weight excluding hydrogens is 498 g/mol. The first kappa shape index (κ1) is 30.2. The highest BCUT2D eigenvalue weighted by Crippen LogP contribution is 2.32. The van der Waals surface area contributed by atoms with Crippen molar-refractivity contribution in [3.05, 3.63) is 35.4 Å². The molecule has 0 aliphatic heterocycles. The Morgan fingerprint density at radius 1 is 1.07 bits per heavy atom. The third-order valence-electron chi connectivity index (χ3n) is 8.29. The van der Waals surface area contributed by atoms with Gasteiger partial charge >= 0.3 is 0 Å². The lowest BCUT2D eigenvalue weighted by Gasteiger charge is -2.39. The van der Waals surface area contributed by atoms with E-state index in [9.17, 15) is 4.79 Å². The molecule has 3 aromatic heterocycles. The van der Waals surface area contributed by atoms with Gasteiger partial charge in [-0.2, -0.15) is 10.2 Å². The molecule has 0 atom stereocenters. The van der Waals surface area contributed by atoms with E-state index in [1.54, 1.807) is 10.8 Å². The molecule has 2 N–H and O–H groups in total. The number of nitrogens with zero attached hydrogens (tertiary/aromatic N) is 5. The maximum absolute atomic E-state index is 13.5. The van der Waals surface area contributed by atoms with Gasteiger partial charge in [0.15, 0.2) is 11.3 Å². The van der Waals surface area contributed by atoms with E-state index in [0.717, 1.165) is 66.8 Å². The number of nitrogens with one attached hydrogen (secondary N) is 2. The van der Waals surface area contributed by atoms with Crippen molar-refractivity contribution in [1.82, 2.24) is 35.0 Å². The molecule has 0 unspecified atom stereocenters. The Morgan fingerprint density at radius 3 is 2.27 bits per heavy atom. The van der Waals surface area contributed by atoms with Crippen molar-refractivity contribution in [1.29, 1.82) is 0 Å². The fraction of sp³-hybridized carbons (Fsp3) is 0.688. The molecule has 8 nitrogen and oxygen atoms in total. The second-order valence-electron chi connectivity index (χ2n) is 14.6. The van der Waals surface area contributed by atoms with E-state index in [2.05, 4.69) is 92.0 Å². The lowest BCUT2D eigenvalue weighted by Crippen LogP contribution is -2.45. The van der Waals surface area contributed by atoms with E-state index in [1.165, 1.54) is 12.8 Å². The average Bonchev–Trinajstić information content (AvgIpc) is 3.51. The van der Waals surface area contributed by atoms with Gasteiger partial charge in [0.05, 0.1) is 5.69 Å². The third kappa shape index (κ3) is 7.50. The quantitative estimate of drug-likeness (QED) is 0.307. The maximum atomic E-state index is 13.5. The van der Waals surface area contributed by atoms with Gasteiger partial charge < -0.3 is 10.2 Å².